The minimum absolute atomic E-state index is 0.305. The van der Waals surface area contributed by atoms with E-state index in [1.807, 2.05) is 31.2 Å². The van der Waals surface area contributed by atoms with Crippen LogP contribution in [0.1, 0.15) is 44.1 Å². The highest BCUT2D eigenvalue weighted by Crippen LogP contribution is 2.24. The number of hydrogen-bond acceptors (Lipinski definition) is 4. The van der Waals surface area contributed by atoms with E-state index in [1.54, 1.807) is 12.4 Å². The summed E-state index contributed by atoms with van der Waals surface area (Å²) < 4.78 is 5.81. The SMILES string of the molecule is CCCNC(CC)c1ccc(Oc2cccnc2C)cn1. The van der Waals surface area contributed by atoms with Gasteiger partial charge in [-0.2, -0.15) is 0 Å². The van der Waals surface area contributed by atoms with E-state index >= 15 is 0 Å². The molecule has 0 amide bonds. The molecule has 0 saturated heterocycles. The highest BCUT2D eigenvalue weighted by molar-refractivity contribution is 5.32. The first-order valence-corrected chi connectivity index (χ1v) is 7.53. The van der Waals surface area contributed by atoms with Crippen molar-refractivity contribution in [1.29, 1.82) is 0 Å². The van der Waals surface area contributed by atoms with Gasteiger partial charge in [0.15, 0.2) is 0 Å². The van der Waals surface area contributed by atoms with Gasteiger partial charge in [-0.25, -0.2) is 0 Å². The predicted octanol–water partition coefficient (Wildman–Crippen LogP) is 4.03. The van der Waals surface area contributed by atoms with Gasteiger partial charge in [0, 0.05) is 12.2 Å². The lowest BCUT2D eigenvalue weighted by atomic mass is 10.1. The number of pyridine rings is 2. The molecule has 2 aromatic heterocycles. The van der Waals surface area contributed by atoms with E-state index in [0.717, 1.165) is 42.3 Å². The van der Waals surface area contributed by atoms with Crippen LogP contribution < -0.4 is 10.1 Å². The number of nitrogens with one attached hydrogen (secondary N) is 1. The fourth-order valence-corrected chi connectivity index (χ4v) is 2.14. The molecule has 4 nitrogen and oxygen atoms in total. The topological polar surface area (TPSA) is 47.0 Å². The molecule has 0 aromatic carbocycles. The molecule has 2 aromatic rings. The van der Waals surface area contributed by atoms with E-state index in [-0.39, 0.29) is 0 Å². The van der Waals surface area contributed by atoms with E-state index in [2.05, 4.69) is 29.1 Å². The zero-order chi connectivity index (χ0) is 15.1. The average Bonchev–Trinajstić information content (AvgIpc) is 2.52. The minimum atomic E-state index is 0.305. The Bertz CT molecular complexity index is 554. The number of nitrogens with zero attached hydrogens (tertiary/aromatic N) is 2. The lowest BCUT2D eigenvalue weighted by Gasteiger charge is -2.16. The first-order chi connectivity index (χ1) is 10.2. The fourth-order valence-electron chi connectivity index (χ4n) is 2.14. The van der Waals surface area contributed by atoms with Crippen molar-refractivity contribution in [2.75, 3.05) is 6.54 Å². The second kappa shape index (κ2) is 7.74. The monoisotopic (exact) mass is 285 g/mol. The van der Waals surface area contributed by atoms with Crippen LogP contribution in [0, 0.1) is 6.92 Å². The highest BCUT2D eigenvalue weighted by atomic mass is 16.5. The minimum Gasteiger partial charge on any atom is -0.454 e. The summed E-state index contributed by atoms with van der Waals surface area (Å²) in [4.78, 5) is 8.73. The second-order valence-electron chi connectivity index (χ2n) is 5.02. The van der Waals surface area contributed by atoms with Crippen LogP contribution in [0.5, 0.6) is 11.5 Å². The third kappa shape index (κ3) is 4.26. The van der Waals surface area contributed by atoms with Crippen LogP contribution in [0.4, 0.5) is 0 Å². The first kappa shape index (κ1) is 15.4. The van der Waals surface area contributed by atoms with Gasteiger partial charge in [-0.1, -0.05) is 13.8 Å². The molecule has 2 rings (SSSR count). The molecule has 0 aliphatic heterocycles. The molecule has 2 heterocycles. The third-order valence-electron chi connectivity index (χ3n) is 3.35. The molecule has 1 N–H and O–H groups in total. The van der Waals surface area contributed by atoms with Crippen molar-refractivity contribution in [1.82, 2.24) is 15.3 Å². The summed E-state index contributed by atoms with van der Waals surface area (Å²) in [5.74, 6) is 1.50. The van der Waals surface area contributed by atoms with Gasteiger partial charge in [0.25, 0.3) is 0 Å². The van der Waals surface area contributed by atoms with E-state index in [1.165, 1.54) is 0 Å². The van der Waals surface area contributed by atoms with Crippen molar-refractivity contribution in [2.24, 2.45) is 0 Å². The lowest BCUT2D eigenvalue weighted by molar-refractivity contribution is 0.468. The molecular formula is C17H23N3O. The smallest absolute Gasteiger partial charge is 0.148 e. The standard InChI is InChI=1S/C17H23N3O/c1-4-10-19-15(5-2)16-9-8-14(12-20-16)21-17-7-6-11-18-13(17)3/h6-9,11-12,15,19H,4-5,10H2,1-3H3. The fraction of sp³-hybridized carbons (Fsp3) is 0.412. The molecule has 1 atom stereocenters. The maximum atomic E-state index is 5.81. The van der Waals surface area contributed by atoms with Crippen LogP contribution >= 0.6 is 0 Å². The number of aromatic nitrogens is 2. The summed E-state index contributed by atoms with van der Waals surface area (Å²) in [6.45, 7) is 7.27. The van der Waals surface area contributed by atoms with Gasteiger partial charge in [-0.15, -0.1) is 0 Å². The number of rotatable bonds is 7. The van der Waals surface area contributed by atoms with E-state index in [4.69, 9.17) is 4.74 Å². The van der Waals surface area contributed by atoms with Gasteiger partial charge in [0.1, 0.15) is 11.5 Å². The molecule has 0 aliphatic carbocycles. The Hall–Kier alpha value is -1.94. The molecule has 0 bridgehead atoms. The molecule has 112 valence electrons. The second-order valence-corrected chi connectivity index (χ2v) is 5.02. The third-order valence-corrected chi connectivity index (χ3v) is 3.35. The lowest BCUT2D eigenvalue weighted by Crippen LogP contribution is -2.22. The Labute approximate surface area is 126 Å². The molecule has 21 heavy (non-hydrogen) atoms. The predicted molar refractivity (Wildman–Crippen MR) is 84.6 cm³/mol. The van der Waals surface area contributed by atoms with E-state index in [9.17, 15) is 0 Å². The van der Waals surface area contributed by atoms with Crippen LogP contribution in [-0.4, -0.2) is 16.5 Å². The van der Waals surface area contributed by atoms with Crippen LogP contribution in [0.2, 0.25) is 0 Å². The van der Waals surface area contributed by atoms with Crippen molar-refractivity contribution in [3.05, 3.63) is 48.0 Å². The van der Waals surface area contributed by atoms with Crippen LogP contribution in [-0.2, 0) is 0 Å². The van der Waals surface area contributed by atoms with Crippen molar-refractivity contribution in [3.63, 3.8) is 0 Å². The number of hydrogen-bond donors (Lipinski definition) is 1. The van der Waals surface area contributed by atoms with E-state index < -0.39 is 0 Å². The van der Waals surface area contributed by atoms with Gasteiger partial charge < -0.3 is 10.1 Å². The summed E-state index contributed by atoms with van der Waals surface area (Å²) in [6.07, 6.45) is 5.68. The zero-order valence-corrected chi connectivity index (χ0v) is 13.0. The molecule has 0 fully saturated rings. The van der Waals surface area contributed by atoms with Crippen LogP contribution in [0.15, 0.2) is 36.7 Å². The van der Waals surface area contributed by atoms with Gasteiger partial charge in [-0.3, -0.25) is 9.97 Å². The van der Waals surface area contributed by atoms with Crippen molar-refractivity contribution < 1.29 is 4.74 Å². The van der Waals surface area contributed by atoms with Crippen LogP contribution in [0.25, 0.3) is 0 Å². The molecule has 4 heteroatoms. The normalized spacial score (nSPS) is 12.1. The maximum absolute atomic E-state index is 5.81. The van der Waals surface area contributed by atoms with Crippen molar-refractivity contribution in [2.45, 2.75) is 39.7 Å². The van der Waals surface area contributed by atoms with Gasteiger partial charge in [0.2, 0.25) is 0 Å². The van der Waals surface area contributed by atoms with Gasteiger partial charge in [-0.05, 0) is 50.6 Å². The van der Waals surface area contributed by atoms with Crippen molar-refractivity contribution >= 4 is 0 Å². The zero-order valence-electron chi connectivity index (χ0n) is 13.0. The summed E-state index contributed by atoms with van der Waals surface area (Å²) >= 11 is 0. The van der Waals surface area contributed by atoms with Crippen molar-refractivity contribution in [3.8, 4) is 11.5 Å². The summed E-state index contributed by atoms with van der Waals surface area (Å²) in [7, 11) is 0. The Balaban J connectivity index is 2.06. The molecule has 1 unspecified atom stereocenters. The number of aryl methyl sites for hydroxylation is 1. The Morgan fingerprint density at radius 3 is 2.67 bits per heavy atom. The summed E-state index contributed by atoms with van der Waals surface area (Å²) in [5, 5.41) is 3.50. The highest BCUT2D eigenvalue weighted by Gasteiger charge is 2.10. The Kier molecular flexibility index (Phi) is 5.69. The first-order valence-electron chi connectivity index (χ1n) is 7.53. The Morgan fingerprint density at radius 2 is 2.05 bits per heavy atom. The summed E-state index contributed by atoms with van der Waals surface area (Å²) in [6, 6.07) is 8.07. The molecular weight excluding hydrogens is 262 g/mol. The molecule has 0 aliphatic rings. The quantitative estimate of drug-likeness (QED) is 0.834. The maximum Gasteiger partial charge on any atom is 0.148 e. The van der Waals surface area contributed by atoms with E-state index in [0.29, 0.717) is 6.04 Å². The Morgan fingerprint density at radius 1 is 1.19 bits per heavy atom. The molecule has 0 spiro atoms. The summed E-state index contributed by atoms with van der Waals surface area (Å²) in [5.41, 5.74) is 1.93. The van der Waals surface area contributed by atoms with Gasteiger partial charge in [0.05, 0.1) is 17.6 Å². The molecule has 0 radical (unpaired) electrons. The largest absolute Gasteiger partial charge is 0.454 e. The average molecular weight is 285 g/mol. The van der Waals surface area contributed by atoms with Crippen LogP contribution in [0.3, 0.4) is 0 Å². The number of ether oxygens (including phenoxy) is 1. The van der Waals surface area contributed by atoms with Gasteiger partial charge >= 0.3 is 0 Å². The molecule has 0 saturated carbocycles.